The van der Waals surface area contributed by atoms with Crippen LogP contribution >= 0.6 is 0 Å². The van der Waals surface area contributed by atoms with Crippen molar-refractivity contribution < 1.29 is 81.2 Å². The normalized spacial score (nSPS) is 22.1. The van der Waals surface area contributed by atoms with Crippen LogP contribution in [0.25, 0.3) is 6.08 Å². The van der Waals surface area contributed by atoms with Crippen molar-refractivity contribution in [3.8, 4) is 5.75 Å². The Kier molecular flexibility index (Phi) is 14.7. The van der Waals surface area contributed by atoms with E-state index in [0.717, 1.165) is 12.2 Å². The Morgan fingerprint density at radius 2 is 1.66 bits per heavy atom. The number of imide groups is 1. The molecule has 5 amide bonds. The second-order valence-electron chi connectivity index (χ2n) is 11.8. The van der Waals surface area contributed by atoms with Crippen LogP contribution in [0.5, 0.6) is 5.75 Å². The Labute approximate surface area is 301 Å². The number of aliphatic hydroxyl groups excluding tert-OH is 3. The molecule has 53 heavy (non-hydrogen) atoms. The quantitative estimate of drug-likeness (QED) is 0.0442. The van der Waals surface area contributed by atoms with E-state index in [1.165, 1.54) is 30.4 Å². The molecule has 6 atom stereocenters. The van der Waals surface area contributed by atoms with E-state index in [9.17, 15) is 67.0 Å². The van der Waals surface area contributed by atoms with Crippen LogP contribution < -0.4 is 20.7 Å². The van der Waals surface area contributed by atoms with Gasteiger partial charge in [0.25, 0.3) is 21.9 Å². The Hall–Kier alpha value is -5.26. The number of carboxylic acid groups (broad SMARTS) is 1. The minimum absolute atomic E-state index is 0.0969. The number of carbonyl (C=O) groups is 7. The molecule has 21 nitrogen and oxygen atoms in total. The standard InChI is InChI=1S/C31H38N4O17S/c1-15(2)30(46)50-11-3-4-16-5-6-19(51-31-26(42)24(40)25(41)27(52-31)29(44)45)17(12-16)33-20(36)9-10-32-28(43)18(14-53(47,48)49)34-21(37)13-35-22(38)7-8-23(35)39/h3-8,12,15,18,24-27,31,40-42H,9-11,13-14H2,1-2H3,(H,32,43)(H,33,36)(H,34,37)(H,44,45)(H,47,48,49)/b4-3+/t18-,24-,25-,26+,27-,31+/m0/s1. The third-order valence-electron chi connectivity index (χ3n) is 7.32. The molecule has 0 bridgehead atoms. The van der Waals surface area contributed by atoms with Crippen LogP contribution in [0.3, 0.4) is 0 Å². The number of amides is 5. The first-order valence-electron chi connectivity index (χ1n) is 15.7. The predicted molar refractivity (Wildman–Crippen MR) is 177 cm³/mol. The van der Waals surface area contributed by atoms with Crippen LogP contribution in [0.1, 0.15) is 25.8 Å². The van der Waals surface area contributed by atoms with Crippen molar-refractivity contribution in [2.45, 2.75) is 57.0 Å². The molecule has 0 saturated carbocycles. The molecule has 2 aliphatic heterocycles. The molecular weight excluding hydrogens is 732 g/mol. The summed E-state index contributed by atoms with van der Waals surface area (Å²) in [5.41, 5.74) is 0.297. The van der Waals surface area contributed by atoms with Gasteiger partial charge < -0.3 is 50.6 Å². The maximum atomic E-state index is 13.0. The lowest BCUT2D eigenvalue weighted by molar-refractivity contribution is -0.271. The number of ether oxygens (including phenoxy) is 3. The van der Waals surface area contributed by atoms with Gasteiger partial charge in [-0.2, -0.15) is 8.42 Å². The molecule has 0 radical (unpaired) electrons. The average molecular weight is 771 g/mol. The molecule has 0 aromatic heterocycles. The third-order valence-corrected chi connectivity index (χ3v) is 8.07. The van der Waals surface area contributed by atoms with Crippen LogP contribution in [0.4, 0.5) is 5.69 Å². The van der Waals surface area contributed by atoms with Crippen LogP contribution in [-0.4, -0.2) is 142 Å². The number of carboxylic acids is 1. The van der Waals surface area contributed by atoms with E-state index in [1.807, 2.05) is 5.32 Å². The molecule has 0 unspecified atom stereocenters. The molecule has 2 heterocycles. The van der Waals surface area contributed by atoms with Gasteiger partial charge in [-0.25, -0.2) is 4.79 Å². The Balaban J connectivity index is 1.72. The van der Waals surface area contributed by atoms with Gasteiger partial charge in [0.2, 0.25) is 24.0 Å². The minimum Gasteiger partial charge on any atom is -0.479 e. The Bertz CT molecular complexity index is 1740. The van der Waals surface area contributed by atoms with Gasteiger partial charge >= 0.3 is 11.9 Å². The molecule has 0 spiro atoms. The summed E-state index contributed by atoms with van der Waals surface area (Å²) in [6.45, 7) is 1.87. The summed E-state index contributed by atoms with van der Waals surface area (Å²) < 4.78 is 48.2. The summed E-state index contributed by atoms with van der Waals surface area (Å²) in [5.74, 6) is -8.72. The molecule has 3 rings (SSSR count). The van der Waals surface area contributed by atoms with E-state index < -0.39 is 114 Å². The number of nitrogens with one attached hydrogen (secondary N) is 3. The van der Waals surface area contributed by atoms with Crippen molar-refractivity contribution in [3.05, 3.63) is 42.0 Å². The van der Waals surface area contributed by atoms with Crippen LogP contribution in [-0.2, 0) is 53.2 Å². The summed E-state index contributed by atoms with van der Waals surface area (Å²) in [7, 11) is -4.85. The summed E-state index contributed by atoms with van der Waals surface area (Å²) in [6, 6.07) is 2.18. The fourth-order valence-electron chi connectivity index (χ4n) is 4.61. The number of anilines is 1. The van der Waals surface area contributed by atoms with Gasteiger partial charge in [0.05, 0.1) is 11.6 Å². The number of hydrogen-bond acceptors (Lipinski definition) is 15. The third kappa shape index (κ3) is 12.4. The van der Waals surface area contributed by atoms with E-state index in [0.29, 0.717) is 10.5 Å². The fraction of sp³-hybridized carbons (Fsp3) is 0.452. The van der Waals surface area contributed by atoms with Gasteiger partial charge in [0, 0.05) is 25.1 Å². The number of carbonyl (C=O) groups excluding carboxylic acids is 6. The van der Waals surface area contributed by atoms with E-state index in [4.69, 9.17) is 14.2 Å². The fourth-order valence-corrected chi connectivity index (χ4v) is 5.26. The Morgan fingerprint density at radius 3 is 2.26 bits per heavy atom. The Morgan fingerprint density at radius 1 is 1.00 bits per heavy atom. The van der Waals surface area contributed by atoms with E-state index >= 15 is 0 Å². The van der Waals surface area contributed by atoms with Crippen molar-refractivity contribution in [2.24, 2.45) is 5.92 Å². The van der Waals surface area contributed by atoms with Crippen LogP contribution in [0.15, 0.2) is 36.4 Å². The molecule has 1 aromatic carbocycles. The predicted octanol–water partition coefficient (Wildman–Crippen LogP) is -3.09. The number of aliphatic hydroxyl groups is 3. The van der Waals surface area contributed by atoms with Gasteiger partial charge in [0.1, 0.15) is 49.0 Å². The van der Waals surface area contributed by atoms with Crippen molar-refractivity contribution >= 4 is 63.4 Å². The number of nitrogens with zero attached hydrogens (tertiary/aromatic N) is 1. The summed E-state index contributed by atoms with van der Waals surface area (Å²) in [5, 5.41) is 46.6. The molecular formula is C31H38N4O17S. The molecule has 8 N–H and O–H groups in total. The SMILES string of the molecule is CC(C)C(=O)OC/C=C/c1ccc(O[C@@H]2O[C@H](C(=O)O)[C@@H](O)[C@H](O)[C@H]2O)c(NC(=O)CCNC(=O)[C@H](CS(=O)(=O)O)NC(=O)CN2C(=O)C=CC2=O)c1. The maximum Gasteiger partial charge on any atom is 0.335 e. The number of esters is 1. The van der Waals surface area contributed by atoms with Crippen molar-refractivity contribution in [1.29, 1.82) is 0 Å². The minimum atomic E-state index is -4.85. The highest BCUT2D eigenvalue weighted by Crippen LogP contribution is 2.31. The highest BCUT2D eigenvalue weighted by Gasteiger charge is 2.48. The maximum absolute atomic E-state index is 13.0. The summed E-state index contributed by atoms with van der Waals surface area (Å²) in [6.07, 6.45) is -5.50. The monoisotopic (exact) mass is 770 g/mol. The van der Waals surface area contributed by atoms with Crippen LogP contribution in [0.2, 0.25) is 0 Å². The molecule has 0 aliphatic carbocycles. The zero-order valence-corrected chi connectivity index (χ0v) is 28.9. The first kappa shape index (κ1) is 42.2. The molecule has 1 aromatic rings. The van der Waals surface area contributed by atoms with E-state index in [1.54, 1.807) is 13.8 Å². The van der Waals surface area contributed by atoms with Crippen molar-refractivity contribution in [2.75, 3.05) is 30.8 Å². The van der Waals surface area contributed by atoms with Gasteiger partial charge in [-0.3, -0.25) is 38.2 Å². The molecule has 2 aliphatic rings. The summed E-state index contributed by atoms with van der Waals surface area (Å²) in [4.78, 5) is 85.4. The highest BCUT2D eigenvalue weighted by molar-refractivity contribution is 7.85. The number of hydrogen-bond donors (Lipinski definition) is 8. The number of benzene rings is 1. The zero-order chi connectivity index (χ0) is 39.6. The lowest BCUT2D eigenvalue weighted by Crippen LogP contribution is -2.61. The van der Waals surface area contributed by atoms with Gasteiger partial charge in [-0.1, -0.05) is 26.0 Å². The molecule has 22 heteroatoms. The topological polar surface area (TPSA) is 322 Å². The first-order chi connectivity index (χ1) is 24.8. The zero-order valence-electron chi connectivity index (χ0n) is 28.1. The highest BCUT2D eigenvalue weighted by atomic mass is 32.2. The smallest absolute Gasteiger partial charge is 0.335 e. The first-order valence-corrected chi connectivity index (χ1v) is 17.3. The molecule has 290 valence electrons. The molecule has 1 fully saturated rings. The summed E-state index contributed by atoms with van der Waals surface area (Å²) >= 11 is 0. The number of aliphatic carboxylic acids is 1. The van der Waals surface area contributed by atoms with E-state index in [2.05, 4.69) is 10.6 Å². The lowest BCUT2D eigenvalue weighted by Gasteiger charge is -2.38. The lowest BCUT2D eigenvalue weighted by atomic mass is 9.99. The second kappa shape index (κ2) is 18.5. The van der Waals surface area contributed by atoms with E-state index in [-0.39, 0.29) is 24.0 Å². The van der Waals surface area contributed by atoms with Gasteiger partial charge in [-0.05, 0) is 23.8 Å². The number of rotatable bonds is 17. The van der Waals surface area contributed by atoms with Crippen molar-refractivity contribution in [3.63, 3.8) is 0 Å². The van der Waals surface area contributed by atoms with Gasteiger partial charge in [0.15, 0.2) is 6.10 Å². The van der Waals surface area contributed by atoms with Crippen LogP contribution in [0, 0.1) is 5.92 Å². The average Bonchev–Trinajstić information content (AvgIpc) is 3.38. The molecule has 1 saturated heterocycles. The largest absolute Gasteiger partial charge is 0.479 e. The van der Waals surface area contributed by atoms with Gasteiger partial charge in [-0.15, -0.1) is 0 Å². The van der Waals surface area contributed by atoms with Crippen molar-refractivity contribution in [1.82, 2.24) is 15.5 Å². The second-order valence-corrected chi connectivity index (χ2v) is 13.3.